The van der Waals surface area contributed by atoms with Crippen LogP contribution in [0.2, 0.25) is 0 Å². The van der Waals surface area contributed by atoms with E-state index in [4.69, 9.17) is 0 Å². The third-order valence-electron chi connectivity index (χ3n) is 3.89. The lowest BCUT2D eigenvalue weighted by molar-refractivity contribution is 0.221. The van der Waals surface area contributed by atoms with Gasteiger partial charge >= 0.3 is 0 Å². The molecule has 1 aliphatic heterocycles. The van der Waals surface area contributed by atoms with Gasteiger partial charge in [-0.2, -0.15) is 5.10 Å². The quantitative estimate of drug-likeness (QED) is 0.864. The third kappa shape index (κ3) is 7.68. The van der Waals surface area contributed by atoms with Crippen LogP contribution in [0.15, 0.2) is 12.4 Å². The Morgan fingerprint density at radius 2 is 1.85 bits per heavy atom. The van der Waals surface area contributed by atoms with E-state index >= 15 is 0 Å². The van der Waals surface area contributed by atoms with Crippen LogP contribution in [0.5, 0.6) is 0 Å². The monoisotopic (exact) mass is 279 g/mol. The number of nitrogens with one attached hydrogen (secondary N) is 1. The summed E-state index contributed by atoms with van der Waals surface area (Å²) in [5.41, 5.74) is 1.27. The zero-order chi connectivity index (χ0) is 14.8. The molecule has 0 radical (unpaired) electrons. The summed E-state index contributed by atoms with van der Waals surface area (Å²) in [4.78, 5) is 2.63. The zero-order valence-corrected chi connectivity index (χ0v) is 13.9. The van der Waals surface area contributed by atoms with Crippen LogP contribution in [-0.4, -0.2) is 34.7 Å². The van der Waals surface area contributed by atoms with E-state index in [9.17, 15) is 0 Å². The Balaban J connectivity index is 0.000000217. The van der Waals surface area contributed by atoms with Gasteiger partial charge in [0.2, 0.25) is 0 Å². The van der Waals surface area contributed by atoms with Gasteiger partial charge in [-0.15, -0.1) is 0 Å². The second-order valence-corrected chi connectivity index (χ2v) is 6.62. The SMILES string of the molecule is CC(C)CCCN1CCCCC1.CC(C)c1cn[nH]c1. The molecular weight excluding hydrogens is 246 g/mol. The Morgan fingerprint density at radius 1 is 1.15 bits per heavy atom. The van der Waals surface area contributed by atoms with Gasteiger partial charge in [0.1, 0.15) is 0 Å². The predicted octanol–water partition coefficient (Wildman–Crippen LogP) is 4.44. The minimum absolute atomic E-state index is 0.591. The summed E-state index contributed by atoms with van der Waals surface area (Å²) in [6.45, 7) is 13.0. The normalized spacial score (nSPS) is 16.3. The number of aromatic nitrogens is 2. The molecule has 1 fully saturated rings. The molecule has 1 aliphatic rings. The summed E-state index contributed by atoms with van der Waals surface area (Å²) in [6, 6.07) is 0. The van der Waals surface area contributed by atoms with Gasteiger partial charge in [0.25, 0.3) is 0 Å². The number of H-pyrrole nitrogens is 1. The lowest BCUT2D eigenvalue weighted by Crippen LogP contribution is -2.30. The Bertz CT molecular complexity index is 311. The van der Waals surface area contributed by atoms with Gasteiger partial charge in [0.05, 0.1) is 6.20 Å². The first-order valence-electron chi connectivity index (χ1n) is 8.30. The molecule has 0 atom stereocenters. The first kappa shape index (κ1) is 17.2. The van der Waals surface area contributed by atoms with Crippen molar-refractivity contribution in [1.82, 2.24) is 15.1 Å². The van der Waals surface area contributed by atoms with Crippen LogP contribution in [-0.2, 0) is 0 Å². The summed E-state index contributed by atoms with van der Waals surface area (Å²) in [5.74, 6) is 1.48. The smallest absolute Gasteiger partial charge is 0.0521 e. The van der Waals surface area contributed by atoms with E-state index in [2.05, 4.69) is 42.8 Å². The summed E-state index contributed by atoms with van der Waals surface area (Å²) in [6.07, 6.45) is 10.9. The summed E-state index contributed by atoms with van der Waals surface area (Å²) in [7, 11) is 0. The molecule has 116 valence electrons. The topological polar surface area (TPSA) is 31.9 Å². The molecule has 0 aliphatic carbocycles. The average Bonchev–Trinajstić information content (AvgIpc) is 2.94. The molecule has 0 unspecified atom stereocenters. The van der Waals surface area contributed by atoms with Gasteiger partial charge in [0.15, 0.2) is 0 Å². The maximum absolute atomic E-state index is 3.82. The second-order valence-electron chi connectivity index (χ2n) is 6.62. The first-order valence-corrected chi connectivity index (χ1v) is 8.30. The van der Waals surface area contributed by atoms with Crippen molar-refractivity contribution in [3.8, 4) is 0 Å². The third-order valence-corrected chi connectivity index (χ3v) is 3.89. The van der Waals surface area contributed by atoms with Crippen LogP contribution in [0.1, 0.15) is 71.3 Å². The lowest BCUT2D eigenvalue weighted by atomic mass is 10.1. The van der Waals surface area contributed by atoms with Crippen LogP contribution < -0.4 is 0 Å². The van der Waals surface area contributed by atoms with E-state index in [1.54, 1.807) is 0 Å². The van der Waals surface area contributed by atoms with Crippen LogP contribution >= 0.6 is 0 Å². The fourth-order valence-electron chi connectivity index (χ4n) is 2.48. The van der Waals surface area contributed by atoms with E-state index in [1.807, 2.05) is 12.4 Å². The molecule has 20 heavy (non-hydrogen) atoms. The van der Waals surface area contributed by atoms with E-state index in [0.29, 0.717) is 5.92 Å². The molecule has 3 nitrogen and oxygen atoms in total. The first-order chi connectivity index (χ1) is 9.59. The largest absolute Gasteiger partial charge is 0.303 e. The minimum atomic E-state index is 0.591. The van der Waals surface area contributed by atoms with Crippen LogP contribution in [0.25, 0.3) is 0 Å². The van der Waals surface area contributed by atoms with E-state index < -0.39 is 0 Å². The maximum Gasteiger partial charge on any atom is 0.0521 e. The standard InChI is InChI=1S/C11H23N.C6H10N2/c1-11(2)7-6-10-12-8-4-3-5-9-12;1-5(2)6-3-7-8-4-6/h11H,3-10H2,1-2H3;3-5H,1-2H3,(H,7,8). The van der Waals surface area contributed by atoms with Gasteiger partial charge in [-0.25, -0.2) is 0 Å². The highest BCUT2D eigenvalue weighted by Crippen LogP contribution is 2.11. The van der Waals surface area contributed by atoms with Crippen LogP contribution in [0, 0.1) is 5.92 Å². The Hall–Kier alpha value is -0.830. The maximum atomic E-state index is 3.82. The van der Waals surface area contributed by atoms with E-state index in [1.165, 1.54) is 57.3 Å². The number of nitrogens with zero attached hydrogens (tertiary/aromatic N) is 2. The fourth-order valence-corrected chi connectivity index (χ4v) is 2.48. The van der Waals surface area contributed by atoms with Crippen LogP contribution in [0.3, 0.4) is 0 Å². The average molecular weight is 279 g/mol. The number of hydrogen-bond donors (Lipinski definition) is 1. The molecule has 0 amide bonds. The second kappa shape index (κ2) is 9.98. The molecule has 2 rings (SSSR count). The van der Waals surface area contributed by atoms with Crippen molar-refractivity contribution in [1.29, 1.82) is 0 Å². The molecule has 1 N–H and O–H groups in total. The van der Waals surface area contributed by atoms with Crippen molar-refractivity contribution >= 4 is 0 Å². The molecule has 0 spiro atoms. The van der Waals surface area contributed by atoms with Gasteiger partial charge in [-0.1, -0.05) is 34.1 Å². The molecule has 3 heteroatoms. The minimum Gasteiger partial charge on any atom is -0.303 e. The Morgan fingerprint density at radius 3 is 2.30 bits per heavy atom. The number of likely N-dealkylation sites (tertiary alicyclic amines) is 1. The molecule has 1 aromatic heterocycles. The zero-order valence-electron chi connectivity index (χ0n) is 13.9. The van der Waals surface area contributed by atoms with Crippen molar-refractivity contribution in [2.45, 2.75) is 65.7 Å². The molecule has 1 saturated heterocycles. The van der Waals surface area contributed by atoms with Crippen molar-refractivity contribution in [2.75, 3.05) is 19.6 Å². The molecular formula is C17H33N3. The highest BCUT2D eigenvalue weighted by Gasteiger charge is 2.08. The molecule has 0 saturated carbocycles. The molecule has 1 aromatic rings. The number of piperidine rings is 1. The Kier molecular flexibility index (Phi) is 8.59. The molecule has 0 bridgehead atoms. The summed E-state index contributed by atoms with van der Waals surface area (Å²) < 4.78 is 0. The van der Waals surface area contributed by atoms with Crippen molar-refractivity contribution in [3.63, 3.8) is 0 Å². The molecule has 2 heterocycles. The van der Waals surface area contributed by atoms with E-state index in [0.717, 1.165) is 5.92 Å². The number of rotatable bonds is 5. The number of hydrogen-bond acceptors (Lipinski definition) is 2. The Labute approximate surface area is 125 Å². The lowest BCUT2D eigenvalue weighted by Gasteiger charge is -2.26. The van der Waals surface area contributed by atoms with Crippen molar-refractivity contribution in [3.05, 3.63) is 18.0 Å². The summed E-state index contributed by atoms with van der Waals surface area (Å²) >= 11 is 0. The van der Waals surface area contributed by atoms with Crippen molar-refractivity contribution < 1.29 is 0 Å². The predicted molar refractivity (Wildman–Crippen MR) is 87.0 cm³/mol. The fraction of sp³-hybridized carbons (Fsp3) is 0.824. The summed E-state index contributed by atoms with van der Waals surface area (Å²) in [5, 5.41) is 6.58. The van der Waals surface area contributed by atoms with Gasteiger partial charge in [-0.05, 0) is 62.7 Å². The van der Waals surface area contributed by atoms with Gasteiger partial charge in [0, 0.05) is 6.20 Å². The molecule has 0 aromatic carbocycles. The van der Waals surface area contributed by atoms with E-state index in [-0.39, 0.29) is 0 Å². The van der Waals surface area contributed by atoms with Crippen molar-refractivity contribution in [2.24, 2.45) is 5.92 Å². The highest BCUT2D eigenvalue weighted by atomic mass is 15.1. The van der Waals surface area contributed by atoms with Gasteiger partial charge < -0.3 is 4.90 Å². The van der Waals surface area contributed by atoms with Crippen LogP contribution in [0.4, 0.5) is 0 Å². The highest BCUT2D eigenvalue weighted by molar-refractivity contribution is 5.06. The van der Waals surface area contributed by atoms with Gasteiger partial charge in [-0.3, -0.25) is 5.10 Å². The number of aromatic amines is 1.